The Balaban J connectivity index is 2.04. The molecule has 0 aromatic heterocycles. The Morgan fingerprint density at radius 1 is 1.32 bits per heavy atom. The van der Waals surface area contributed by atoms with Crippen LogP contribution in [-0.4, -0.2) is 27.1 Å². The maximum absolute atomic E-state index is 5.75. The van der Waals surface area contributed by atoms with Gasteiger partial charge >= 0.3 is 0 Å². The molecule has 1 heterocycles. The van der Waals surface area contributed by atoms with E-state index in [2.05, 4.69) is 29.8 Å². The summed E-state index contributed by atoms with van der Waals surface area (Å²) < 4.78 is 22.6. The minimum atomic E-state index is -0.305. The second-order valence-electron chi connectivity index (χ2n) is 5.36. The zero-order valence-electron chi connectivity index (χ0n) is 11.4. The topological polar surface area (TPSA) is 36.9 Å². The highest BCUT2D eigenvalue weighted by Gasteiger charge is 2.29. The Kier molecular flexibility index (Phi) is 4.84. The number of halogens is 1. The minimum absolute atomic E-state index is 0.0786. The molecule has 0 radical (unpaired) electrons. The van der Waals surface area contributed by atoms with Crippen LogP contribution in [0.4, 0.5) is 0 Å². The van der Waals surface area contributed by atoms with E-state index in [1.807, 2.05) is 18.2 Å². The molecule has 4 nitrogen and oxygen atoms in total. The van der Waals surface area contributed by atoms with Crippen LogP contribution < -0.4 is 4.74 Å². The van der Waals surface area contributed by atoms with E-state index in [9.17, 15) is 0 Å². The Bertz CT molecular complexity index is 423. The highest BCUT2D eigenvalue weighted by Crippen LogP contribution is 2.34. The van der Waals surface area contributed by atoms with Gasteiger partial charge in [0, 0.05) is 18.1 Å². The van der Waals surface area contributed by atoms with E-state index in [0.29, 0.717) is 13.2 Å². The van der Waals surface area contributed by atoms with Crippen LogP contribution >= 0.6 is 15.9 Å². The summed E-state index contributed by atoms with van der Waals surface area (Å²) in [6.07, 6.45) is -0.305. The van der Waals surface area contributed by atoms with Gasteiger partial charge in [0.15, 0.2) is 13.1 Å². The number of hydrogen-bond acceptors (Lipinski definition) is 4. The third-order valence-corrected chi connectivity index (χ3v) is 3.43. The fourth-order valence-corrected chi connectivity index (χ4v) is 2.30. The molecule has 5 heteroatoms. The molecule has 0 N–H and O–H groups in total. The maximum atomic E-state index is 5.75. The quantitative estimate of drug-likeness (QED) is 0.792. The van der Waals surface area contributed by atoms with Crippen LogP contribution in [0.1, 0.15) is 25.7 Å². The van der Waals surface area contributed by atoms with E-state index in [-0.39, 0.29) is 18.5 Å². The van der Waals surface area contributed by atoms with E-state index in [1.54, 1.807) is 7.11 Å². The van der Waals surface area contributed by atoms with Crippen molar-refractivity contribution in [2.24, 2.45) is 5.41 Å². The first-order valence-electron chi connectivity index (χ1n) is 6.16. The average molecular weight is 331 g/mol. The van der Waals surface area contributed by atoms with Gasteiger partial charge in [0.1, 0.15) is 5.75 Å². The van der Waals surface area contributed by atoms with Crippen LogP contribution in [0.15, 0.2) is 22.7 Å². The predicted molar refractivity (Wildman–Crippen MR) is 75.1 cm³/mol. The Labute approximate surface area is 122 Å². The fourth-order valence-electron chi connectivity index (χ4n) is 1.79. The molecule has 1 aromatic rings. The SMILES string of the molecule is COCOc1ccc(C2OCC(C)(C)CO2)cc1Br. The van der Waals surface area contributed by atoms with Crippen molar-refractivity contribution < 1.29 is 18.9 Å². The lowest BCUT2D eigenvalue weighted by Crippen LogP contribution is -2.33. The molecule has 0 saturated carbocycles. The molecule has 1 aromatic carbocycles. The molecule has 0 unspecified atom stereocenters. The van der Waals surface area contributed by atoms with Gasteiger partial charge in [-0.3, -0.25) is 0 Å². The Morgan fingerprint density at radius 3 is 2.58 bits per heavy atom. The van der Waals surface area contributed by atoms with Crippen molar-refractivity contribution in [3.63, 3.8) is 0 Å². The molecule has 0 bridgehead atoms. The standard InChI is InChI=1S/C14H19BrO4/c1-14(2)7-17-13(18-8-14)10-4-5-12(11(15)6-10)19-9-16-3/h4-6,13H,7-9H2,1-3H3. The van der Waals surface area contributed by atoms with E-state index in [0.717, 1.165) is 15.8 Å². The van der Waals surface area contributed by atoms with Crippen LogP contribution in [0.25, 0.3) is 0 Å². The molecular formula is C14H19BrO4. The van der Waals surface area contributed by atoms with Gasteiger partial charge in [-0.15, -0.1) is 0 Å². The third-order valence-electron chi connectivity index (χ3n) is 2.81. The van der Waals surface area contributed by atoms with Gasteiger partial charge < -0.3 is 18.9 Å². The monoisotopic (exact) mass is 330 g/mol. The molecule has 0 amide bonds. The zero-order chi connectivity index (χ0) is 13.9. The highest BCUT2D eigenvalue weighted by molar-refractivity contribution is 9.10. The lowest BCUT2D eigenvalue weighted by atomic mass is 9.95. The number of rotatable bonds is 4. The van der Waals surface area contributed by atoms with Crippen LogP contribution in [0.2, 0.25) is 0 Å². The maximum Gasteiger partial charge on any atom is 0.188 e. The highest BCUT2D eigenvalue weighted by atomic mass is 79.9. The lowest BCUT2D eigenvalue weighted by Gasteiger charge is -2.34. The number of methoxy groups -OCH3 is 1. The Morgan fingerprint density at radius 2 is 2.00 bits per heavy atom. The Hall–Kier alpha value is -0.620. The first-order valence-corrected chi connectivity index (χ1v) is 6.95. The molecule has 1 fully saturated rings. The molecule has 0 aliphatic carbocycles. The fraction of sp³-hybridized carbons (Fsp3) is 0.571. The third kappa shape index (κ3) is 3.92. The first kappa shape index (κ1) is 14.8. The van der Waals surface area contributed by atoms with Crippen molar-refractivity contribution >= 4 is 15.9 Å². The minimum Gasteiger partial charge on any atom is -0.466 e. The van der Waals surface area contributed by atoms with E-state index >= 15 is 0 Å². The van der Waals surface area contributed by atoms with Gasteiger partial charge in [-0.05, 0) is 28.1 Å². The molecule has 2 rings (SSSR count). The molecule has 1 saturated heterocycles. The summed E-state index contributed by atoms with van der Waals surface area (Å²) >= 11 is 3.47. The number of benzene rings is 1. The smallest absolute Gasteiger partial charge is 0.188 e. The second kappa shape index (κ2) is 6.22. The van der Waals surface area contributed by atoms with Gasteiger partial charge in [0.05, 0.1) is 17.7 Å². The van der Waals surface area contributed by atoms with E-state index in [4.69, 9.17) is 18.9 Å². The zero-order valence-corrected chi connectivity index (χ0v) is 13.0. The summed E-state index contributed by atoms with van der Waals surface area (Å²) in [4.78, 5) is 0. The molecule has 106 valence electrons. The van der Waals surface area contributed by atoms with Gasteiger partial charge in [-0.1, -0.05) is 19.9 Å². The summed E-state index contributed by atoms with van der Waals surface area (Å²) in [6.45, 7) is 5.86. The summed E-state index contributed by atoms with van der Waals surface area (Å²) in [6, 6.07) is 5.78. The molecule has 19 heavy (non-hydrogen) atoms. The van der Waals surface area contributed by atoms with Crippen molar-refractivity contribution in [2.45, 2.75) is 20.1 Å². The van der Waals surface area contributed by atoms with Crippen molar-refractivity contribution in [1.82, 2.24) is 0 Å². The van der Waals surface area contributed by atoms with Gasteiger partial charge in [-0.25, -0.2) is 0 Å². The van der Waals surface area contributed by atoms with Crippen molar-refractivity contribution in [3.05, 3.63) is 28.2 Å². The van der Waals surface area contributed by atoms with Crippen LogP contribution in [0.3, 0.4) is 0 Å². The van der Waals surface area contributed by atoms with Crippen LogP contribution in [0, 0.1) is 5.41 Å². The van der Waals surface area contributed by atoms with Gasteiger partial charge in [0.2, 0.25) is 0 Å². The largest absolute Gasteiger partial charge is 0.466 e. The molecule has 1 aliphatic rings. The van der Waals surface area contributed by atoms with Crippen molar-refractivity contribution in [3.8, 4) is 5.75 Å². The first-order chi connectivity index (χ1) is 9.02. The summed E-state index contributed by atoms with van der Waals surface area (Å²) in [5, 5.41) is 0. The summed E-state index contributed by atoms with van der Waals surface area (Å²) in [7, 11) is 1.59. The number of hydrogen-bond donors (Lipinski definition) is 0. The van der Waals surface area contributed by atoms with Crippen LogP contribution in [0.5, 0.6) is 5.75 Å². The average Bonchev–Trinajstić information content (AvgIpc) is 2.37. The molecule has 0 atom stereocenters. The van der Waals surface area contributed by atoms with Crippen molar-refractivity contribution in [1.29, 1.82) is 0 Å². The van der Waals surface area contributed by atoms with Crippen LogP contribution in [-0.2, 0) is 14.2 Å². The molecule has 1 aliphatic heterocycles. The summed E-state index contributed by atoms with van der Waals surface area (Å²) in [5.41, 5.74) is 1.06. The van der Waals surface area contributed by atoms with Crippen molar-refractivity contribution in [2.75, 3.05) is 27.1 Å². The second-order valence-corrected chi connectivity index (χ2v) is 6.21. The lowest BCUT2D eigenvalue weighted by molar-refractivity contribution is -0.226. The van der Waals surface area contributed by atoms with E-state index < -0.39 is 0 Å². The number of ether oxygens (including phenoxy) is 4. The van der Waals surface area contributed by atoms with Gasteiger partial charge in [0.25, 0.3) is 0 Å². The summed E-state index contributed by atoms with van der Waals surface area (Å²) in [5.74, 6) is 0.738. The predicted octanol–water partition coefficient (Wildman–Crippen LogP) is 3.50. The van der Waals surface area contributed by atoms with Gasteiger partial charge in [-0.2, -0.15) is 0 Å². The van der Waals surface area contributed by atoms with E-state index in [1.165, 1.54) is 0 Å². The molecular weight excluding hydrogens is 312 g/mol. The normalized spacial score (nSPS) is 19.4. The molecule has 0 spiro atoms.